The van der Waals surface area contributed by atoms with Gasteiger partial charge in [-0.25, -0.2) is 4.39 Å². The summed E-state index contributed by atoms with van der Waals surface area (Å²) < 4.78 is 18.1. The van der Waals surface area contributed by atoms with Crippen LogP contribution in [-0.4, -0.2) is 17.2 Å². The van der Waals surface area contributed by atoms with E-state index in [2.05, 4.69) is 10.3 Å². The summed E-state index contributed by atoms with van der Waals surface area (Å²) in [4.78, 5) is 4.04. The Hall–Kier alpha value is -2.30. The van der Waals surface area contributed by atoms with Crippen LogP contribution >= 0.6 is 0 Å². The van der Waals surface area contributed by atoms with Crippen molar-refractivity contribution in [1.29, 1.82) is 0 Å². The predicted molar refractivity (Wildman–Crippen MR) is 66.2 cm³/mol. The molecule has 0 saturated carbocycles. The van der Waals surface area contributed by atoms with Gasteiger partial charge in [0.2, 0.25) is 0 Å². The number of nitrogens with zero attached hydrogens (tertiary/aromatic N) is 1. The summed E-state index contributed by atoms with van der Waals surface area (Å²) in [7, 11) is 1.42. The maximum Gasteiger partial charge on any atom is 0.165 e. The molecular weight excluding hydrogens is 235 g/mol. The lowest BCUT2D eigenvalue weighted by molar-refractivity contribution is 0.387. The van der Waals surface area contributed by atoms with Crippen LogP contribution in [0.5, 0.6) is 11.5 Å². The Kier molecular flexibility index (Phi) is 3.62. The Labute approximate surface area is 104 Å². The maximum atomic E-state index is 13.2. The minimum atomic E-state index is -0.397. The third-order valence-electron chi connectivity index (χ3n) is 2.43. The molecule has 0 fully saturated rings. The number of hydrogen-bond donors (Lipinski definition) is 2. The minimum Gasteiger partial charge on any atom is -0.506 e. The molecule has 1 heterocycles. The van der Waals surface area contributed by atoms with Gasteiger partial charge >= 0.3 is 0 Å². The van der Waals surface area contributed by atoms with Gasteiger partial charge in [-0.15, -0.1) is 0 Å². The molecule has 2 N–H and O–H groups in total. The van der Waals surface area contributed by atoms with E-state index in [0.29, 0.717) is 6.54 Å². The molecular formula is C13H13FN2O2. The number of halogens is 1. The van der Waals surface area contributed by atoms with E-state index in [4.69, 9.17) is 9.84 Å². The van der Waals surface area contributed by atoms with Crippen molar-refractivity contribution in [3.63, 3.8) is 0 Å². The number of aromatic hydroxyl groups is 1. The lowest BCUT2D eigenvalue weighted by atomic mass is 10.2. The first kappa shape index (κ1) is 12.2. The number of hydrogen-bond acceptors (Lipinski definition) is 4. The van der Waals surface area contributed by atoms with E-state index >= 15 is 0 Å². The minimum absolute atomic E-state index is 0.127. The molecule has 0 unspecified atom stereocenters. The van der Waals surface area contributed by atoms with Crippen molar-refractivity contribution in [3.8, 4) is 11.5 Å². The molecule has 1 aromatic heterocycles. The van der Waals surface area contributed by atoms with Gasteiger partial charge in [-0.1, -0.05) is 0 Å². The SMILES string of the molecule is COc1cc(NCc2ccc(O)cn2)ccc1F. The van der Waals surface area contributed by atoms with Gasteiger partial charge in [-0.05, 0) is 24.3 Å². The Morgan fingerprint density at radius 3 is 2.83 bits per heavy atom. The molecule has 5 heteroatoms. The van der Waals surface area contributed by atoms with E-state index in [0.717, 1.165) is 11.4 Å². The number of ether oxygens (including phenoxy) is 1. The summed E-state index contributed by atoms with van der Waals surface area (Å²) in [5.74, 6) is -0.0772. The zero-order valence-electron chi connectivity index (χ0n) is 9.85. The van der Waals surface area contributed by atoms with Gasteiger partial charge in [0.1, 0.15) is 5.75 Å². The van der Waals surface area contributed by atoms with Crippen LogP contribution in [0, 0.1) is 5.82 Å². The molecule has 0 atom stereocenters. The number of benzene rings is 1. The van der Waals surface area contributed by atoms with Gasteiger partial charge in [0.25, 0.3) is 0 Å². The second-order valence-electron chi connectivity index (χ2n) is 3.71. The number of anilines is 1. The molecule has 2 rings (SSSR count). The molecule has 0 spiro atoms. The summed E-state index contributed by atoms with van der Waals surface area (Å²) in [6.07, 6.45) is 1.38. The van der Waals surface area contributed by atoms with E-state index in [1.807, 2.05) is 0 Å². The summed E-state index contributed by atoms with van der Waals surface area (Å²) in [5, 5.41) is 12.2. The van der Waals surface area contributed by atoms with Crippen LogP contribution < -0.4 is 10.1 Å². The molecule has 18 heavy (non-hydrogen) atoms. The van der Waals surface area contributed by atoms with Crippen molar-refractivity contribution in [2.45, 2.75) is 6.54 Å². The normalized spacial score (nSPS) is 10.1. The first-order valence-electron chi connectivity index (χ1n) is 5.40. The summed E-state index contributed by atoms with van der Waals surface area (Å²) in [6, 6.07) is 7.82. The lowest BCUT2D eigenvalue weighted by Crippen LogP contribution is -2.01. The van der Waals surface area contributed by atoms with E-state index in [-0.39, 0.29) is 11.5 Å². The van der Waals surface area contributed by atoms with Crippen molar-refractivity contribution in [2.75, 3.05) is 12.4 Å². The van der Waals surface area contributed by atoms with Crippen molar-refractivity contribution in [2.24, 2.45) is 0 Å². The lowest BCUT2D eigenvalue weighted by Gasteiger charge is -2.08. The van der Waals surface area contributed by atoms with Crippen LogP contribution in [0.15, 0.2) is 36.5 Å². The van der Waals surface area contributed by atoms with Gasteiger partial charge in [-0.2, -0.15) is 0 Å². The zero-order chi connectivity index (χ0) is 13.0. The average molecular weight is 248 g/mol. The van der Waals surface area contributed by atoms with Crippen LogP contribution in [0.25, 0.3) is 0 Å². The molecule has 0 bridgehead atoms. The second-order valence-corrected chi connectivity index (χ2v) is 3.71. The Morgan fingerprint density at radius 1 is 1.33 bits per heavy atom. The number of aromatic nitrogens is 1. The predicted octanol–water partition coefficient (Wildman–Crippen LogP) is 2.55. The van der Waals surface area contributed by atoms with Crippen molar-refractivity contribution < 1.29 is 14.2 Å². The fraction of sp³-hybridized carbons (Fsp3) is 0.154. The quantitative estimate of drug-likeness (QED) is 0.873. The Bertz CT molecular complexity index is 529. The fourth-order valence-electron chi connectivity index (χ4n) is 1.48. The highest BCUT2D eigenvalue weighted by Crippen LogP contribution is 2.21. The zero-order valence-corrected chi connectivity index (χ0v) is 9.85. The van der Waals surface area contributed by atoms with E-state index in [9.17, 15) is 4.39 Å². The standard InChI is InChI=1S/C13H13FN2O2/c1-18-13-6-9(3-5-12(13)14)15-7-10-2-4-11(17)8-16-10/h2-6,8,15,17H,7H2,1H3. The Morgan fingerprint density at radius 2 is 2.17 bits per heavy atom. The maximum absolute atomic E-state index is 13.2. The monoisotopic (exact) mass is 248 g/mol. The molecule has 94 valence electrons. The van der Waals surface area contributed by atoms with E-state index in [1.54, 1.807) is 24.3 Å². The van der Waals surface area contributed by atoms with Gasteiger partial charge in [0.05, 0.1) is 25.5 Å². The van der Waals surface area contributed by atoms with Gasteiger partial charge < -0.3 is 15.2 Å². The third-order valence-corrected chi connectivity index (χ3v) is 2.43. The highest BCUT2D eigenvalue weighted by atomic mass is 19.1. The van der Waals surface area contributed by atoms with Gasteiger partial charge in [0.15, 0.2) is 11.6 Å². The third kappa shape index (κ3) is 2.88. The second kappa shape index (κ2) is 5.35. The van der Waals surface area contributed by atoms with Crippen LogP contribution in [0.3, 0.4) is 0 Å². The number of rotatable bonds is 4. The van der Waals surface area contributed by atoms with Crippen LogP contribution in [0.4, 0.5) is 10.1 Å². The van der Waals surface area contributed by atoms with Crippen molar-refractivity contribution >= 4 is 5.69 Å². The molecule has 0 radical (unpaired) electrons. The summed E-state index contributed by atoms with van der Waals surface area (Å²) in [5.41, 5.74) is 1.51. The topological polar surface area (TPSA) is 54.4 Å². The van der Waals surface area contributed by atoms with Gasteiger partial charge in [-0.3, -0.25) is 4.98 Å². The first-order chi connectivity index (χ1) is 8.69. The number of methoxy groups -OCH3 is 1. The van der Waals surface area contributed by atoms with Crippen LogP contribution in [0.2, 0.25) is 0 Å². The van der Waals surface area contributed by atoms with Crippen LogP contribution in [-0.2, 0) is 6.54 Å². The highest BCUT2D eigenvalue weighted by Gasteiger charge is 2.03. The molecule has 0 aliphatic rings. The first-order valence-corrected chi connectivity index (χ1v) is 5.40. The molecule has 1 aromatic carbocycles. The van der Waals surface area contributed by atoms with Crippen molar-refractivity contribution in [3.05, 3.63) is 48.0 Å². The molecule has 0 saturated heterocycles. The number of pyridine rings is 1. The van der Waals surface area contributed by atoms with Crippen molar-refractivity contribution in [1.82, 2.24) is 4.98 Å². The molecule has 2 aromatic rings. The fourth-order valence-corrected chi connectivity index (χ4v) is 1.48. The average Bonchev–Trinajstić information content (AvgIpc) is 2.39. The highest BCUT2D eigenvalue weighted by molar-refractivity contribution is 5.49. The van der Waals surface area contributed by atoms with E-state index < -0.39 is 5.82 Å². The molecule has 4 nitrogen and oxygen atoms in total. The smallest absolute Gasteiger partial charge is 0.165 e. The summed E-state index contributed by atoms with van der Waals surface area (Å²) in [6.45, 7) is 0.481. The molecule has 0 aliphatic heterocycles. The molecule has 0 amide bonds. The largest absolute Gasteiger partial charge is 0.506 e. The number of nitrogens with one attached hydrogen (secondary N) is 1. The van der Waals surface area contributed by atoms with Gasteiger partial charge in [0, 0.05) is 11.8 Å². The molecule has 0 aliphatic carbocycles. The Balaban J connectivity index is 2.04. The van der Waals surface area contributed by atoms with E-state index in [1.165, 1.54) is 19.4 Å². The van der Waals surface area contributed by atoms with Crippen LogP contribution in [0.1, 0.15) is 5.69 Å². The summed E-state index contributed by atoms with van der Waals surface area (Å²) >= 11 is 0.